The smallest absolute Gasteiger partial charge is 0.191 e. The van der Waals surface area contributed by atoms with Crippen molar-refractivity contribution in [2.75, 3.05) is 32.8 Å². The van der Waals surface area contributed by atoms with Crippen LogP contribution in [0.5, 0.6) is 5.75 Å². The Bertz CT molecular complexity index is 459. The maximum atomic E-state index is 5.86. The number of guanidine groups is 1. The van der Waals surface area contributed by atoms with Gasteiger partial charge in [0.1, 0.15) is 12.4 Å². The van der Waals surface area contributed by atoms with Crippen LogP contribution in [0.3, 0.4) is 0 Å². The van der Waals surface area contributed by atoms with E-state index in [-0.39, 0.29) is 0 Å². The molecule has 1 fully saturated rings. The predicted octanol–water partition coefficient (Wildman–Crippen LogP) is 2.97. The summed E-state index contributed by atoms with van der Waals surface area (Å²) >= 11 is 0. The van der Waals surface area contributed by atoms with Gasteiger partial charge in [-0.2, -0.15) is 0 Å². The number of benzene rings is 1. The number of rotatable bonds is 10. The van der Waals surface area contributed by atoms with Gasteiger partial charge in [-0.05, 0) is 38.3 Å². The number of para-hydroxylation sites is 1. The van der Waals surface area contributed by atoms with Gasteiger partial charge in [0.2, 0.25) is 0 Å². The van der Waals surface area contributed by atoms with E-state index in [0.29, 0.717) is 12.7 Å². The molecule has 134 valence electrons. The fourth-order valence-electron chi connectivity index (χ4n) is 2.76. The molecule has 5 nitrogen and oxygen atoms in total. The van der Waals surface area contributed by atoms with Crippen molar-refractivity contribution in [3.05, 3.63) is 30.3 Å². The quantitative estimate of drug-likeness (QED) is 0.393. The minimum absolute atomic E-state index is 0.496. The molecule has 1 saturated carbocycles. The minimum atomic E-state index is 0.496. The molecule has 1 aliphatic carbocycles. The van der Waals surface area contributed by atoms with Gasteiger partial charge in [-0.3, -0.25) is 4.99 Å². The molecule has 0 saturated heterocycles. The molecule has 1 aromatic rings. The zero-order valence-electron chi connectivity index (χ0n) is 14.8. The first kappa shape index (κ1) is 18.6. The second-order valence-corrected chi connectivity index (χ2v) is 5.98. The summed E-state index contributed by atoms with van der Waals surface area (Å²) in [6.45, 7) is 5.84. The summed E-state index contributed by atoms with van der Waals surface area (Å²) in [6, 6.07) is 9.86. The van der Waals surface area contributed by atoms with E-state index in [0.717, 1.165) is 44.4 Å². The Morgan fingerprint density at radius 1 is 1.12 bits per heavy atom. The Balaban J connectivity index is 1.57. The molecule has 0 aliphatic heterocycles. The Morgan fingerprint density at radius 2 is 1.92 bits per heavy atom. The summed E-state index contributed by atoms with van der Waals surface area (Å²) in [5, 5.41) is 6.55. The zero-order valence-corrected chi connectivity index (χ0v) is 14.8. The highest BCUT2D eigenvalue weighted by Crippen LogP contribution is 2.20. The summed E-state index contributed by atoms with van der Waals surface area (Å²) in [4.78, 5) is 4.58. The van der Waals surface area contributed by atoms with E-state index < -0.39 is 0 Å². The Kier molecular flexibility index (Phi) is 9.09. The van der Waals surface area contributed by atoms with Crippen molar-refractivity contribution in [3.8, 4) is 5.75 Å². The van der Waals surface area contributed by atoms with Crippen LogP contribution in [0, 0.1) is 0 Å². The highest BCUT2D eigenvalue weighted by Gasteiger charge is 2.14. The van der Waals surface area contributed by atoms with E-state index in [1.165, 1.54) is 25.7 Å². The molecular formula is C19H31N3O2. The minimum Gasteiger partial charge on any atom is -0.492 e. The van der Waals surface area contributed by atoms with E-state index in [2.05, 4.69) is 22.5 Å². The third kappa shape index (κ3) is 7.68. The van der Waals surface area contributed by atoms with Crippen LogP contribution >= 0.6 is 0 Å². The standard InChI is InChI=1S/C19H31N3O2/c1-2-20-19(21-13-8-15-23-17-11-6-7-12-17)22-14-16-24-18-9-4-3-5-10-18/h3-5,9-10,17H,2,6-8,11-16H2,1H3,(H2,20,21,22). The fourth-order valence-corrected chi connectivity index (χ4v) is 2.76. The lowest BCUT2D eigenvalue weighted by Crippen LogP contribution is -2.39. The lowest BCUT2D eigenvalue weighted by atomic mass is 10.3. The highest BCUT2D eigenvalue weighted by molar-refractivity contribution is 5.79. The van der Waals surface area contributed by atoms with Gasteiger partial charge in [-0.15, -0.1) is 0 Å². The second kappa shape index (κ2) is 11.7. The first-order valence-electron chi connectivity index (χ1n) is 9.20. The van der Waals surface area contributed by atoms with E-state index >= 15 is 0 Å². The summed E-state index contributed by atoms with van der Waals surface area (Å²) in [5.41, 5.74) is 0. The topological polar surface area (TPSA) is 54.9 Å². The summed E-state index contributed by atoms with van der Waals surface area (Å²) in [7, 11) is 0. The monoisotopic (exact) mass is 333 g/mol. The Morgan fingerprint density at radius 3 is 2.67 bits per heavy atom. The first-order chi connectivity index (χ1) is 11.9. The largest absolute Gasteiger partial charge is 0.492 e. The second-order valence-electron chi connectivity index (χ2n) is 5.98. The molecule has 1 aromatic carbocycles. The van der Waals surface area contributed by atoms with Gasteiger partial charge in [-0.25, -0.2) is 0 Å². The average Bonchev–Trinajstić information content (AvgIpc) is 3.12. The van der Waals surface area contributed by atoms with Crippen LogP contribution in [-0.4, -0.2) is 44.9 Å². The zero-order chi connectivity index (χ0) is 16.9. The van der Waals surface area contributed by atoms with Gasteiger partial charge in [-0.1, -0.05) is 31.0 Å². The van der Waals surface area contributed by atoms with Gasteiger partial charge in [0, 0.05) is 19.7 Å². The van der Waals surface area contributed by atoms with Crippen molar-refractivity contribution in [2.45, 2.75) is 45.1 Å². The van der Waals surface area contributed by atoms with E-state index in [9.17, 15) is 0 Å². The van der Waals surface area contributed by atoms with Crippen molar-refractivity contribution in [3.63, 3.8) is 0 Å². The first-order valence-corrected chi connectivity index (χ1v) is 9.20. The number of hydrogen-bond acceptors (Lipinski definition) is 3. The highest BCUT2D eigenvalue weighted by atomic mass is 16.5. The van der Waals surface area contributed by atoms with Crippen LogP contribution < -0.4 is 15.4 Å². The average molecular weight is 333 g/mol. The van der Waals surface area contributed by atoms with Gasteiger partial charge >= 0.3 is 0 Å². The molecule has 2 rings (SSSR count). The summed E-state index contributed by atoms with van der Waals surface area (Å²) in [6.07, 6.45) is 6.57. The molecule has 2 N–H and O–H groups in total. The lowest BCUT2D eigenvalue weighted by molar-refractivity contribution is 0.0579. The van der Waals surface area contributed by atoms with Crippen molar-refractivity contribution in [2.24, 2.45) is 4.99 Å². The number of hydrogen-bond donors (Lipinski definition) is 2. The van der Waals surface area contributed by atoms with E-state index in [1.54, 1.807) is 0 Å². The third-order valence-corrected chi connectivity index (χ3v) is 3.98. The Labute approximate surface area is 145 Å². The van der Waals surface area contributed by atoms with Crippen LogP contribution in [0.4, 0.5) is 0 Å². The van der Waals surface area contributed by atoms with Crippen molar-refractivity contribution < 1.29 is 9.47 Å². The maximum absolute atomic E-state index is 5.86. The van der Waals surface area contributed by atoms with Crippen LogP contribution in [-0.2, 0) is 4.74 Å². The molecular weight excluding hydrogens is 302 g/mol. The molecule has 5 heteroatoms. The molecule has 0 heterocycles. The molecule has 0 unspecified atom stereocenters. The molecule has 0 aromatic heterocycles. The van der Waals surface area contributed by atoms with Gasteiger partial charge in [0.05, 0.1) is 12.6 Å². The van der Waals surface area contributed by atoms with Crippen molar-refractivity contribution >= 4 is 5.96 Å². The van der Waals surface area contributed by atoms with Gasteiger partial charge in [0.25, 0.3) is 0 Å². The molecule has 0 spiro atoms. The van der Waals surface area contributed by atoms with Crippen molar-refractivity contribution in [1.29, 1.82) is 0 Å². The molecule has 0 atom stereocenters. The molecule has 0 radical (unpaired) electrons. The number of ether oxygens (including phenoxy) is 2. The number of nitrogens with zero attached hydrogens (tertiary/aromatic N) is 1. The fraction of sp³-hybridized carbons (Fsp3) is 0.632. The van der Waals surface area contributed by atoms with Crippen LogP contribution in [0.25, 0.3) is 0 Å². The van der Waals surface area contributed by atoms with Gasteiger partial charge in [0.15, 0.2) is 5.96 Å². The SMILES string of the molecule is CCNC(=NCCCOC1CCCC1)NCCOc1ccccc1. The molecule has 24 heavy (non-hydrogen) atoms. The number of nitrogens with one attached hydrogen (secondary N) is 2. The molecule has 0 bridgehead atoms. The number of aliphatic imine (C=N–C) groups is 1. The lowest BCUT2D eigenvalue weighted by Gasteiger charge is -2.13. The van der Waals surface area contributed by atoms with Crippen LogP contribution in [0.2, 0.25) is 0 Å². The van der Waals surface area contributed by atoms with E-state index in [1.807, 2.05) is 30.3 Å². The Hall–Kier alpha value is -1.75. The van der Waals surface area contributed by atoms with Crippen LogP contribution in [0.15, 0.2) is 35.3 Å². The summed E-state index contributed by atoms with van der Waals surface area (Å²) in [5.74, 6) is 1.74. The van der Waals surface area contributed by atoms with E-state index in [4.69, 9.17) is 9.47 Å². The third-order valence-electron chi connectivity index (χ3n) is 3.98. The molecule has 0 amide bonds. The van der Waals surface area contributed by atoms with Gasteiger partial charge < -0.3 is 20.1 Å². The molecule has 1 aliphatic rings. The van der Waals surface area contributed by atoms with Crippen LogP contribution in [0.1, 0.15) is 39.0 Å². The van der Waals surface area contributed by atoms with Crippen molar-refractivity contribution in [1.82, 2.24) is 10.6 Å². The maximum Gasteiger partial charge on any atom is 0.191 e. The predicted molar refractivity (Wildman–Crippen MR) is 98.7 cm³/mol. The summed E-state index contributed by atoms with van der Waals surface area (Å²) < 4.78 is 11.5. The normalized spacial score (nSPS) is 15.5.